The van der Waals surface area contributed by atoms with Crippen LogP contribution >= 0.6 is 0 Å². The third-order valence-electron chi connectivity index (χ3n) is 2.73. The normalized spacial score (nSPS) is 15.7. The number of hydrogen-bond acceptors (Lipinski definition) is 4. The highest BCUT2D eigenvalue weighted by atomic mass is 16.5. The van der Waals surface area contributed by atoms with E-state index in [9.17, 15) is 5.11 Å². The van der Waals surface area contributed by atoms with Crippen LogP contribution in [0.15, 0.2) is 0 Å². The Morgan fingerprint density at radius 3 is 2.22 bits per heavy atom. The van der Waals surface area contributed by atoms with Crippen molar-refractivity contribution in [3.8, 4) is 0 Å². The first-order valence-corrected chi connectivity index (χ1v) is 6.90. The monoisotopic (exact) mass is 261 g/mol. The van der Waals surface area contributed by atoms with Gasteiger partial charge in [0.15, 0.2) is 0 Å². The fraction of sp³-hybridized carbons (Fsp3) is 1.00. The highest BCUT2D eigenvalue weighted by Crippen LogP contribution is 2.11. The zero-order valence-corrected chi connectivity index (χ0v) is 12.7. The van der Waals surface area contributed by atoms with Crippen molar-refractivity contribution < 1.29 is 14.6 Å². The number of likely N-dealkylation sites (N-methyl/N-ethyl adjacent to an activating group) is 1. The Morgan fingerprint density at radius 1 is 1.06 bits per heavy atom. The Labute approximate surface area is 112 Å². The summed E-state index contributed by atoms with van der Waals surface area (Å²) < 4.78 is 11.1. The molecule has 0 saturated carbocycles. The summed E-state index contributed by atoms with van der Waals surface area (Å²) in [5.74, 6) is 0. The summed E-state index contributed by atoms with van der Waals surface area (Å²) in [6.45, 7) is 13.2. The zero-order chi connectivity index (χ0) is 14.1. The molecule has 0 fully saturated rings. The quantitative estimate of drug-likeness (QED) is 0.590. The van der Waals surface area contributed by atoms with Gasteiger partial charge in [-0.05, 0) is 47.1 Å². The summed E-state index contributed by atoms with van der Waals surface area (Å²) in [5.41, 5.74) is -0.274. The van der Waals surface area contributed by atoms with E-state index in [1.54, 1.807) is 0 Å². The zero-order valence-electron chi connectivity index (χ0n) is 12.7. The van der Waals surface area contributed by atoms with Crippen molar-refractivity contribution in [3.63, 3.8) is 0 Å². The number of rotatable bonds is 10. The summed E-state index contributed by atoms with van der Waals surface area (Å²) >= 11 is 0. The third-order valence-corrected chi connectivity index (χ3v) is 2.73. The smallest absolute Gasteiger partial charge is 0.0707 e. The van der Waals surface area contributed by atoms with Crippen molar-refractivity contribution >= 4 is 0 Å². The van der Waals surface area contributed by atoms with Crippen molar-refractivity contribution in [3.05, 3.63) is 0 Å². The lowest BCUT2D eigenvalue weighted by atomic mass is 9.97. The molecule has 4 nitrogen and oxygen atoms in total. The van der Waals surface area contributed by atoms with Gasteiger partial charge in [0.2, 0.25) is 0 Å². The van der Waals surface area contributed by atoms with E-state index in [1.165, 1.54) is 0 Å². The number of nitrogens with one attached hydrogen (secondary N) is 1. The molecule has 0 aromatic carbocycles. The van der Waals surface area contributed by atoms with Crippen molar-refractivity contribution in [1.82, 2.24) is 5.32 Å². The molecule has 0 saturated heterocycles. The second-order valence-corrected chi connectivity index (χ2v) is 5.93. The SMILES string of the molecule is CCNC(C)(CO)CCCOCCOC(C)(C)C. The average molecular weight is 261 g/mol. The van der Waals surface area contributed by atoms with Crippen LogP contribution in [0.1, 0.15) is 47.5 Å². The van der Waals surface area contributed by atoms with E-state index in [-0.39, 0.29) is 17.7 Å². The molecule has 1 atom stereocenters. The molecule has 1 unspecified atom stereocenters. The van der Waals surface area contributed by atoms with Crippen LogP contribution in [0.4, 0.5) is 0 Å². The number of aliphatic hydroxyl groups excluding tert-OH is 1. The van der Waals surface area contributed by atoms with E-state index in [1.807, 2.05) is 34.6 Å². The van der Waals surface area contributed by atoms with Gasteiger partial charge < -0.3 is 19.9 Å². The fourth-order valence-electron chi connectivity index (χ4n) is 1.72. The minimum atomic E-state index is -0.181. The van der Waals surface area contributed by atoms with Crippen LogP contribution in [0.5, 0.6) is 0 Å². The van der Waals surface area contributed by atoms with Gasteiger partial charge in [-0.25, -0.2) is 0 Å². The maximum atomic E-state index is 9.32. The molecule has 0 heterocycles. The number of ether oxygens (including phenoxy) is 2. The molecule has 0 aliphatic carbocycles. The number of aliphatic hydroxyl groups is 1. The maximum Gasteiger partial charge on any atom is 0.0707 e. The van der Waals surface area contributed by atoms with Crippen LogP contribution in [0.25, 0.3) is 0 Å². The van der Waals surface area contributed by atoms with Gasteiger partial charge in [-0.15, -0.1) is 0 Å². The van der Waals surface area contributed by atoms with Gasteiger partial charge >= 0.3 is 0 Å². The van der Waals surface area contributed by atoms with Crippen molar-refractivity contribution in [2.24, 2.45) is 0 Å². The first-order valence-electron chi connectivity index (χ1n) is 6.90. The first kappa shape index (κ1) is 17.8. The minimum Gasteiger partial charge on any atom is -0.394 e. The molecular weight excluding hydrogens is 230 g/mol. The average Bonchev–Trinajstić information content (AvgIpc) is 2.27. The van der Waals surface area contributed by atoms with Gasteiger partial charge in [0.25, 0.3) is 0 Å². The summed E-state index contributed by atoms with van der Waals surface area (Å²) in [6, 6.07) is 0. The van der Waals surface area contributed by atoms with Crippen LogP contribution in [0, 0.1) is 0 Å². The van der Waals surface area contributed by atoms with Crippen LogP contribution in [0.3, 0.4) is 0 Å². The molecule has 4 heteroatoms. The van der Waals surface area contributed by atoms with E-state index >= 15 is 0 Å². The van der Waals surface area contributed by atoms with Crippen molar-refractivity contribution in [2.45, 2.75) is 58.6 Å². The maximum absolute atomic E-state index is 9.32. The lowest BCUT2D eigenvalue weighted by molar-refractivity contribution is -0.0357. The van der Waals surface area contributed by atoms with Crippen LogP contribution in [-0.2, 0) is 9.47 Å². The number of hydrogen-bond donors (Lipinski definition) is 2. The molecule has 0 aromatic rings. The molecule has 18 heavy (non-hydrogen) atoms. The van der Waals surface area contributed by atoms with Gasteiger partial charge in [-0.1, -0.05) is 6.92 Å². The van der Waals surface area contributed by atoms with Crippen LogP contribution < -0.4 is 5.32 Å². The Morgan fingerprint density at radius 2 is 1.72 bits per heavy atom. The van der Waals surface area contributed by atoms with E-state index in [4.69, 9.17) is 9.47 Å². The highest BCUT2D eigenvalue weighted by molar-refractivity contribution is 4.81. The van der Waals surface area contributed by atoms with E-state index in [0.717, 1.165) is 19.4 Å². The molecule has 0 amide bonds. The Balaban J connectivity index is 3.50. The fourth-order valence-corrected chi connectivity index (χ4v) is 1.72. The standard InChI is InChI=1S/C14H31NO3/c1-6-15-14(5,12-16)8-7-9-17-10-11-18-13(2,3)4/h15-16H,6-12H2,1-5H3. The van der Waals surface area contributed by atoms with Gasteiger partial charge in [0.1, 0.15) is 0 Å². The molecule has 0 spiro atoms. The van der Waals surface area contributed by atoms with Crippen LogP contribution in [0.2, 0.25) is 0 Å². The van der Waals surface area contributed by atoms with E-state index in [2.05, 4.69) is 5.32 Å². The van der Waals surface area contributed by atoms with Crippen molar-refractivity contribution in [1.29, 1.82) is 0 Å². The summed E-state index contributed by atoms with van der Waals surface area (Å²) in [5, 5.41) is 12.6. The van der Waals surface area contributed by atoms with Gasteiger partial charge in [-0.3, -0.25) is 0 Å². The largest absolute Gasteiger partial charge is 0.394 e. The molecule has 0 aromatic heterocycles. The molecule has 0 bridgehead atoms. The second kappa shape index (κ2) is 8.86. The van der Waals surface area contributed by atoms with Crippen molar-refractivity contribution in [2.75, 3.05) is 33.0 Å². The van der Waals surface area contributed by atoms with E-state index in [0.29, 0.717) is 19.8 Å². The minimum absolute atomic E-state index is 0.0934. The van der Waals surface area contributed by atoms with Crippen LogP contribution in [-0.4, -0.2) is 49.2 Å². The van der Waals surface area contributed by atoms with Gasteiger partial charge in [-0.2, -0.15) is 0 Å². The lowest BCUT2D eigenvalue weighted by Gasteiger charge is -2.28. The molecule has 2 N–H and O–H groups in total. The molecule has 0 rings (SSSR count). The Hall–Kier alpha value is -0.160. The lowest BCUT2D eigenvalue weighted by Crippen LogP contribution is -2.45. The Bertz CT molecular complexity index is 204. The second-order valence-electron chi connectivity index (χ2n) is 5.93. The summed E-state index contributed by atoms with van der Waals surface area (Å²) in [7, 11) is 0. The highest BCUT2D eigenvalue weighted by Gasteiger charge is 2.20. The topological polar surface area (TPSA) is 50.7 Å². The summed E-state index contributed by atoms with van der Waals surface area (Å²) in [4.78, 5) is 0. The first-order chi connectivity index (χ1) is 8.33. The molecule has 110 valence electrons. The van der Waals surface area contributed by atoms with Gasteiger partial charge in [0, 0.05) is 12.1 Å². The molecular formula is C14H31NO3. The Kier molecular flexibility index (Phi) is 8.78. The molecule has 0 aliphatic rings. The predicted molar refractivity (Wildman–Crippen MR) is 74.9 cm³/mol. The van der Waals surface area contributed by atoms with Gasteiger partial charge in [0.05, 0.1) is 25.4 Å². The third kappa shape index (κ3) is 9.83. The molecule has 0 radical (unpaired) electrons. The summed E-state index contributed by atoms with van der Waals surface area (Å²) in [6.07, 6.45) is 1.86. The predicted octanol–water partition coefficient (Wildman–Crippen LogP) is 1.96. The van der Waals surface area contributed by atoms with E-state index < -0.39 is 0 Å². The molecule has 0 aliphatic heterocycles.